The highest BCUT2D eigenvalue weighted by atomic mass is 16.5. The van der Waals surface area contributed by atoms with Crippen LogP contribution in [-0.2, 0) is 4.74 Å². The Morgan fingerprint density at radius 3 is 2.32 bits per heavy atom. The minimum atomic E-state index is 0.00580. The van der Waals surface area contributed by atoms with Gasteiger partial charge in [0, 0.05) is 50.2 Å². The number of allylic oxidation sites excluding steroid dienone is 2. The highest BCUT2D eigenvalue weighted by Crippen LogP contribution is 2.37. The van der Waals surface area contributed by atoms with E-state index in [1.165, 1.54) is 6.42 Å². The topological polar surface area (TPSA) is 51.2 Å². The molecule has 1 N–H and O–H groups in total. The largest absolute Gasteiger partial charge is 0.508 e. The Balaban J connectivity index is 0.000000861. The van der Waals surface area contributed by atoms with Gasteiger partial charge in [0.15, 0.2) is 11.5 Å². The van der Waals surface area contributed by atoms with Gasteiger partial charge < -0.3 is 24.2 Å². The molecule has 0 radical (unpaired) electrons. The number of nitrogens with zero attached hydrogens (tertiary/aromatic N) is 1. The van der Waals surface area contributed by atoms with E-state index in [1.54, 1.807) is 14.2 Å². The molecule has 2 rings (SSSR count). The van der Waals surface area contributed by atoms with Crippen LogP contribution in [0.5, 0.6) is 11.5 Å². The summed E-state index contributed by atoms with van der Waals surface area (Å²) in [6.07, 6.45) is 5.87. The summed E-state index contributed by atoms with van der Waals surface area (Å²) in [6, 6.07) is 3.94. The standard InChI is InChI=1S/C21H27NO4.C5H12/c1-14-10-19(22(4)13-18(14)16(3)23)17-12-20(25-6)21(11-15(17)2)26-9-7-8-24-5;1-4-5(2)3/h10-13,23H,1,3,7-9H2,2,4-6H3;5H,4H2,1-3H3. The molecule has 1 aliphatic heterocycles. The van der Waals surface area contributed by atoms with Gasteiger partial charge in [0.1, 0.15) is 5.76 Å². The van der Waals surface area contributed by atoms with Gasteiger partial charge in [-0.1, -0.05) is 40.3 Å². The molecule has 0 unspecified atom stereocenters. The Bertz CT molecular complexity index is 821. The van der Waals surface area contributed by atoms with Crippen molar-refractivity contribution in [3.8, 4) is 11.5 Å². The van der Waals surface area contributed by atoms with E-state index in [4.69, 9.17) is 14.2 Å². The zero-order valence-corrected chi connectivity index (χ0v) is 20.2. The number of aliphatic hydroxyl groups is 1. The normalized spacial score (nSPS) is 13.3. The van der Waals surface area contributed by atoms with Crippen molar-refractivity contribution in [2.75, 3.05) is 34.5 Å². The number of rotatable bonds is 9. The Labute approximate surface area is 188 Å². The lowest BCUT2D eigenvalue weighted by Gasteiger charge is -2.27. The molecule has 0 saturated carbocycles. The Hall–Kier alpha value is -2.66. The number of aliphatic hydroxyl groups excluding tert-OH is 1. The summed E-state index contributed by atoms with van der Waals surface area (Å²) in [5.74, 6) is 2.27. The van der Waals surface area contributed by atoms with E-state index in [0.717, 1.165) is 29.2 Å². The molecule has 5 heteroatoms. The van der Waals surface area contributed by atoms with Crippen molar-refractivity contribution < 1.29 is 19.3 Å². The van der Waals surface area contributed by atoms with Crippen molar-refractivity contribution >= 4 is 5.70 Å². The maximum absolute atomic E-state index is 9.69. The van der Waals surface area contributed by atoms with Crippen LogP contribution in [0.2, 0.25) is 0 Å². The fourth-order valence-electron chi connectivity index (χ4n) is 2.81. The van der Waals surface area contributed by atoms with Crippen molar-refractivity contribution in [2.45, 2.75) is 40.5 Å². The predicted molar refractivity (Wildman–Crippen MR) is 130 cm³/mol. The monoisotopic (exact) mass is 429 g/mol. The van der Waals surface area contributed by atoms with Crippen molar-refractivity contribution in [1.29, 1.82) is 0 Å². The molecule has 5 nitrogen and oxygen atoms in total. The lowest BCUT2D eigenvalue weighted by atomic mass is 9.96. The van der Waals surface area contributed by atoms with Crippen LogP contribution in [0.25, 0.3) is 5.70 Å². The van der Waals surface area contributed by atoms with Crippen LogP contribution in [0.15, 0.2) is 54.5 Å². The maximum atomic E-state index is 9.69. The first-order valence-corrected chi connectivity index (χ1v) is 10.7. The van der Waals surface area contributed by atoms with E-state index in [1.807, 2.05) is 43.3 Å². The van der Waals surface area contributed by atoms with Gasteiger partial charge in [-0.3, -0.25) is 0 Å². The SMILES string of the molecule is C=C(O)C1=CN(C)C(c2cc(OC)c(OCCCOC)cc2C)=CC1=C.CCC(C)C. The number of hydrogen-bond donors (Lipinski definition) is 1. The van der Waals surface area contributed by atoms with Crippen molar-refractivity contribution in [3.63, 3.8) is 0 Å². The smallest absolute Gasteiger partial charge is 0.161 e. The van der Waals surface area contributed by atoms with Gasteiger partial charge in [0.25, 0.3) is 0 Å². The molecule has 0 aliphatic carbocycles. The van der Waals surface area contributed by atoms with E-state index in [-0.39, 0.29) is 5.76 Å². The molecule has 0 aromatic heterocycles. The summed E-state index contributed by atoms with van der Waals surface area (Å²) in [5.41, 5.74) is 4.36. The van der Waals surface area contributed by atoms with Crippen LogP contribution in [0.4, 0.5) is 0 Å². The third-order valence-electron chi connectivity index (χ3n) is 5.02. The quantitative estimate of drug-likeness (QED) is 0.370. The molecule has 0 fully saturated rings. The number of methoxy groups -OCH3 is 2. The average molecular weight is 430 g/mol. The van der Waals surface area contributed by atoms with Crippen molar-refractivity contribution in [2.24, 2.45) is 5.92 Å². The fourth-order valence-corrected chi connectivity index (χ4v) is 2.81. The van der Waals surface area contributed by atoms with E-state index < -0.39 is 0 Å². The van der Waals surface area contributed by atoms with Crippen LogP contribution in [0, 0.1) is 12.8 Å². The first-order valence-electron chi connectivity index (χ1n) is 10.7. The van der Waals surface area contributed by atoms with Gasteiger partial charge in [-0.05, 0) is 42.2 Å². The summed E-state index contributed by atoms with van der Waals surface area (Å²) >= 11 is 0. The summed E-state index contributed by atoms with van der Waals surface area (Å²) in [6.45, 7) is 17.5. The van der Waals surface area contributed by atoms with E-state index in [2.05, 4.69) is 33.9 Å². The van der Waals surface area contributed by atoms with Gasteiger partial charge >= 0.3 is 0 Å². The van der Waals surface area contributed by atoms with E-state index >= 15 is 0 Å². The second-order valence-corrected chi connectivity index (χ2v) is 7.97. The molecule has 0 spiro atoms. The van der Waals surface area contributed by atoms with Gasteiger partial charge in [-0.15, -0.1) is 0 Å². The predicted octanol–water partition coefficient (Wildman–Crippen LogP) is 6.27. The highest BCUT2D eigenvalue weighted by molar-refractivity contribution is 5.76. The molecule has 1 aliphatic rings. The molecular weight excluding hydrogens is 390 g/mol. The van der Waals surface area contributed by atoms with Gasteiger partial charge in [-0.2, -0.15) is 0 Å². The van der Waals surface area contributed by atoms with Gasteiger partial charge in [0.05, 0.1) is 13.7 Å². The van der Waals surface area contributed by atoms with E-state index in [9.17, 15) is 5.11 Å². The Kier molecular flexibility index (Phi) is 11.0. The highest BCUT2D eigenvalue weighted by Gasteiger charge is 2.20. The second-order valence-electron chi connectivity index (χ2n) is 7.97. The third kappa shape index (κ3) is 7.83. The van der Waals surface area contributed by atoms with Crippen LogP contribution in [0.1, 0.15) is 44.7 Å². The molecule has 0 amide bonds. The zero-order chi connectivity index (χ0) is 23.6. The van der Waals surface area contributed by atoms with Crippen molar-refractivity contribution in [3.05, 3.63) is 65.6 Å². The minimum Gasteiger partial charge on any atom is -0.508 e. The van der Waals surface area contributed by atoms with Crippen LogP contribution in [0.3, 0.4) is 0 Å². The van der Waals surface area contributed by atoms with E-state index in [0.29, 0.717) is 35.9 Å². The number of aryl methyl sites for hydroxylation is 1. The van der Waals surface area contributed by atoms with Gasteiger partial charge in [-0.25, -0.2) is 0 Å². The molecule has 0 bridgehead atoms. The summed E-state index contributed by atoms with van der Waals surface area (Å²) in [5, 5.41) is 9.69. The molecule has 172 valence electrons. The fraction of sp³-hybridized carbons (Fsp3) is 0.462. The van der Waals surface area contributed by atoms with Crippen LogP contribution < -0.4 is 9.47 Å². The summed E-state index contributed by atoms with van der Waals surface area (Å²) in [4.78, 5) is 1.94. The van der Waals surface area contributed by atoms with Crippen molar-refractivity contribution in [1.82, 2.24) is 4.90 Å². The summed E-state index contributed by atoms with van der Waals surface area (Å²) in [7, 11) is 5.22. The molecule has 31 heavy (non-hydrogen) atoms. The Morgan fingerprint density at radius 1 is 1.16 bits per heavy atom. The first-order chi connectivity index (χ1) is 14.7. The maximum Gasteiger partial charge on any atom is 0.161 e. The number of benzene rings is 1. The average Bonchev–Trinajstić information content (AvgIpc) is 2.73. The molecule has 1 aromatic rings. The molecular formula is C26H39NO4. The number of ether oxygens (including phenoxy) is 3. The zero-order valence-electron chi connectivity index (χ0n) is 20.2. The summed E-state index contributed by atoms with van der Waals surface area (Å²) < 4.78 is 16.4. The molecule has 0 saturated heterocycles. The lowest BCUT2D eigenvalue weighted by Crippen LogP contribution is -2.16. The third-order valence-corrected chi connectivity index (χ3v) is 5.02. The molecule has 0 atom stereocenters. The minimum absolute atomic E-state index is 0.00580. The second kappa shape index (κ2) is 12.9. The van der Waals surface area contributed by atoms with Gasteiger partial charge in [0.2, 0.25) is 0 Å². The molecule has 1 heterocycles. The lowest BCUT2D eigenvalue weighted by molar-refractivity contribution is 0.170. The Morgan fingerprint density at radius 2 is 1.81 bits per heavy atom. The number of hydrogen-bond acceptors (Lipinski definition) is 5. The molecule has 1 aromatic carbocycles. The van der Waals surface area contributed by atoms with Crippen LogP contribution >= 0.6 is 0 Å². The first kappa shape index (κ1) is 26.4. The van der Waals surface area contributed by atoms with Crippen LogP contribution in [-0.4, -0.2) is 44.5 Å².